The van der Waals surface area contributed by atoms with Gasteiger partial charge in [0, 0.05) is 18.0 Å². The number of halogens is 1. The van der Waals surface area contributed by atoms with Crippen molar-refractivity contribution in [3.8, 4) is 22.8 Å². The van der Waals surface area contributed by atoms with Crippen LogP contribution in [-0.2, 0) is 0 Å². The number of benzene rings is 2. The first-order valence-corrected chi connectivity index (χ1v) is 7.56. The summed E-state index contributed by atoms with van der Waals surface area (Å²) in [6.45, 7) is 1.96. The maximum absolute atomic E-state index is 6.32. The number of methoxy groups -OCH3 is 2. The topological polar surface area (TPSA) is 48.4 Å². The van der Waals surface area contributed by atoms with E-state index in [0.29, 0.717) is 16.5 Å². The van der Waals surface area contributed by atoms with Crippen LogP contribution in [0, 0.1) is 6.92 Å². The molecule has 3 rings (SSSR count). The number of nitrogens with zero attached hydrogens (tertiary/aromatic N) is 1. The van der Waals surface area contributed by atoms with E-state index >= 15 is 0 Å². The Labute approximate surface area is 140 Å². The largest absolute Gasteiger partial charge is 0.493 e. The van der Waals surface area contributed by atoms with E-state index in [-0.39, 0.29) is 0 Å². The molecule has 0 saturated carbocycles. The average Bonchev–Trinajstić information content (AvgIpc) is 2.55. The summed E-state index contributed by atoms with van der Waals surface area (Å²) in [5.74, 6) is 7.63. The van der Waals surface area contributed by atoms with Crippen molar-refractivity contribution >= 4 is 22.4 Å². The van der Waals surface area contributed by atoms with E-state index in [4.69, 9.17) is 26.9 Å². The molecule has 0 saturated heterocycles. The molecule has 0 bridgehead atoms. The Morgan fingerprint density at radius 3 is 2.48 bits per heavy atom. The van der Waals surface area contributed by atoms with E-state index < -0.39 is 0 Å². The van der Waals surface area contributed by atoms with Crippen LogP contribution in [0.4, 0.5) is 0 Å². The SMILES string of the molecule is COc1ccc2cc(C)[n+](N)c(-c3cccc(Cl)c3)c2c1OC. The number of pyridine rings is 1. The molecule has 0 atom stereocenters. The van der Waals surface area contributed by atoms with Crippen LogP contribution < -0.4 is 20.0 Å². The molecule has 2 aromatic carbocycles. The fourth-order valence-corrected chi connectivity index (χ4v) is 3.01. The van der Waals surface area contributed by atoms with Gasteiger partial charge in [-0.05, 0) is 35.7 Å². The number of aromatic nitrogens is 1. The number of hydrogen-bond acceptors (Lipinski definition) is 3. The Morgan fingerprint density at radius 2 is 1.83 bits per heavy atom. The van der Waals surface area contributed by atoms with Gasteiger partial charge in [-0.1, -0.05) is 22.3 Å². The van der Waals surface area contributed by atoms with Gasteiger partial charge in [-0.3, -0.25) is 0 Å². The summed E-state index contributed by atoms with van der Waals surface area (Å²) in [7, 11) is 3.24. The van der Waals surface area contributed by atoms with E-state index in [0.717, 1.165) is 27.7 Å². The Kier molecular flexibility index (Phi) is 4.01. The summed E-state index contributed by atoms with van der Waals surface area (Å²) >= 11 is 6.16. The van der Waals surface area contributed by atoms with Crippen molar-refractivity contribution < 1.29 is 14.1 Å². The molecule has 2 N–H and O–H groups in total. The molecule has 0 aliphatic carbocycles. The lowest BCUT2D eigenvalue weighted by molar-refractivity contribution is -0.632. The molecular formula is C18H18ClN2O2+. The highest BCUT2D eigenvalue weighted by molar-refractivity contribution is 6.30. The van der Waals surface area contributed by atoms with Crippen LogP contribution >= 0.6 is 11.6 Å². The molecule has 1 heterocycles. The van der Waals surface area contributed by atoms with E-state index in [9.17, 15) is 0 Å². The highest BCUT2D eigenvalue weighted by Crippen LogP contribution is 2.40. The molecule has 0 aliphatic rings. The minimum Gasteiger partial charge on any atom is -0.493 e. The van der Waals surface area contributed by atoms with Gasteiger partial charge in [0.1, 0.15) is 5.39 Å². The number of aryl methyl sites for hydroxylation is 1. The van der Waals surface area contributed by atoms with Gasteiger partial charge in [-0.25, -0.2) is 5.84 Å². The van der Waals surface area contributed by atoms with Crippen molar-refractivity contribution in [2.75, 3.05) is 20.1 Å². The third-order valence-corrected chi connectivity index (χ3v) is 4.13. The monoisotopic (exact) mass is 329 g/mol. The van der Waals surface area contributed by atoms with Crippen LogP contribution in [0.3, 0.4) is 0 Å². The lowest BCUT2D eigenvalue weighted by atomic mass is 10.0. The molecule has 0 aliphatic heterocycles. The van der Waals surface area contributed by atoms with Crippen molar-refractivity contribution in [3.05, 3.63) is 53.2 Å². The smallest absolute Gasteiger partial charge is 0.254 e. The predicted octanol–water partition coefficient (Wildman–Crippen LogP) is 3.49. The standard InChI is InChI=1S/C18H18ClN2O2/c1-11-9-12-7-8-15(22-2)18(23-3)16(12)17(21(11)20)13-5-4-6-14(19)10-13/h4-10H,20H2,1-3H3/q+1. The first-order chi connectivity index (χ1) is 11.1. The molecule has 118 valence electrons. The zero-order valence-electron chi connectivity index (χ0n) is 13.3. The van der Waals surface area contributed by atoms with Gasteiger partial charge in [-0.2, -0.15) is 0 Å². The van der Waals surface area contributed by atoms with Crippen LogP contribution in [0.25, 0.3) is 22.0 Å². The lowest BCUT2D eigenvalue weighted by Gasteiger charge is -2.13. The number of nitrogens with two attached hydrogens (primary N) is 1. The minimum absolute atomic E-state index is 0.652. The Morgan fingerprint density at radius 1 is 1.04 bits per heavy atom. The molecular weight excluding hydrogens is 312 g/mol. The Hall–Kier alpha value is -2.46. The molecule has 4 nitrogen and oxygen atoms in total. The zero-order valence-corrected chi connectivity index (χ0v) is 14.0. The summed E-state index contributed by atoms with van der Waals surface area (Å²) in [6, 6.07) is 13.5. The lowest BCUT2D eigenvalue weighted by Crippen LogP contribution is -2.49. The Balaban J connectivity index is 2.49. The highest BCUT2D eigenvalue weighted by Gasteiger charge is 2.24. The number of ether oxygens (including phenoxy) is 2. The van der Waals surface area contributed by atoms with Crippen molar-refractivity contribution in [2.24, 2.45) is 0 Å². The van der Waals surface area contributed by atoms with Gasteiger partial charge in [0.2, 0.25) is 5.69 Å². The Bertz CT molecular complexity index is 894. The third-order valence-electron chi connectivity index (χ3n) is 3.90. The summed E-state index contributed by atoms with van der Waals surface area (Å²) in [4.78, 5) is 0. The quantitative estimate of drug-likeness (QED) is 0.591. The van der Waals surface area contributed by atoms with Gasteiger partial charge in [-0.15, -0.1) is 0 Å². The summed E-state index contributed by atoms with van der Waals surface area (Å²) in [5, 5.41) is 2.57. The fourth-order valence-electron chi connectivity index (χ4n) is 2.82. The highest BCUT2D eigenvalue weighted by atomic mass is 35.5. The molecule has 23 heavy (non-hydrogen) atoms. The third kappa shape index (κ3) is 2.55. The summed E-state index contributed by atoms with van der Waals surface area (Å²) in [5.41, 5.74) is 2.68. The van der Waals surface area contributed by atoms with Gasteiger partial charge in [0.15, 0.2) is 11.5 Å². The summed E-state index contributed by atoms with van der Waals surface area (Å²) in [6.07, 6.45) is 0. The normalized spacial score (nSPS) is 10.8. The fraction of sp³-hybridized carbons (Fsp3) is 0.167. The second-order valence-electron chi connectivity index (χ2n) is 5.28. The van der Waals surface area contributed by atoms with Crippen LogP contribution in [0.2, 0.25) is 5.02 Å². The number of nitrogen functional groups attached to an aromatic ring is 1. The molecule has 0 amide bonds. The maximum Gasteiger partial charge on any atom is 0.254 e. The molecule has 1 aromatic heterocycles. The molecule has 0 unspecified atom stereocenters. The van der Waals surface area contributed by atoms with Crippen molar-refractivity contribution in [1.82, 2.24) is 0 Å². The first-order valence-electron chi connectivity index (χ1n) is 7.18. The second kappa shape index (κ2) is 5.97. The van der Waals surface area contributed by atoms with Gasteiger partial charge in [0.25, 0.3) is 5.69 Å². The molecule has 0 radical (unpaired) electrons. The van der Waals surface area contributed by atoms with Crippen molar-refractivity contribution in [3.63, 3.8) is 0 Å². The minimum atomic E-state index is 0.652. The zero-order chi connectivity index (χ0) is 16.6. The van der Waals surface area contributed by atoms with Gasteiger partial charge in [0.05, 0.1) is 19.8 Å². The van der Waals surface area contributed by atoms with E-state index in [1.165, 1.54) is 0 Å². The average molecular weight is 330 g/mol. The molecule has 3 aromatic rings. The van der Waals surface area contributed by atoms with E-state index in [1.54, 1.807) is 18.9 Å². The molecule has 0 fully saturated rings. The van der Waals surface area contributed by atoms with Crippen LogP contribution in [-0.4, -0.2) is 14.2 Å². The van der Waals surface area contributed by atoms with Crippen LogP contribution in [0.15, 0.2) is 42.5 Å². The van der Waals surface area contributed by atoms with Gasteiger partial charge >= 0.3 is 0 Å². The molecule has 0 spiro atoms. The number of hydrogen-bond donors (Lipinski definition) is 1. The van der Waals surface area contributed by atoms with E-state index in [2.05, 4.69) is 0 Å². The molecule has 5 heteroatoms. The van der Waals surface area contributed by atoms with E-state index in [1.807, 2.05) is 49.4 Å². The van der Waals surface area contributed by atoms with Crippen LogP contribution in [0.5, 0.6) is 11.5 Å². The van der Waals surface area contributed by atoms with Crippen molar-refractivity contribution in [1.29, 1.82) is 0 Å². The second-order valence-corrected chi connectivity index (χ2v) is 5.72. The predicted molar refractivity (Wildman–Crippen MR) is 92.6 cm³/mol. The number of fused-ring (bicyclic) bond motifs is 1. The number of rotatable bonds is 3. The first kappa shape index (κ1) is 15.4. The van der Waals surface area contributed by atoms with Crippen molar-refractivity contribution in [2.45, 2.75) is 6.92 Å². The summed E-state index contributed by atoms with van der Waals surface area (Å²) < 4.78 is 12.7. The van der Waals surface area contributed by atoms with Crippen LogP contribution in [0.1, 0.15) is 5.69 Å². The maximum atomic E-state index is 6.32. The van der Waals surface area contributed by atoms with Gasteiger partial charge < -0.3 is 9.47 Å².